The van der Waals surface area contributed by atoms with Crippen molar-refractivity contribution in [3.8, 4) is 0 Å². The summed E-state index contributed by atoms with van der Waals surface area (Å²) in [6, 6.07) is 6.25. The quantitative estimate of drug-likeness (QED) is 0.767. The number of halogens is 1. The number of pyridine rings is 1. The van der Waals surface area contributed by atoms with E-state index < -0.39 is 0 Å². The number of anilines is 1. The molecule has 0 aliphatic heterocycles. The highest BCUT2D eigenvalue weighted by Crippen LogP contribution is 2.10. The second-order valence-electron chi connectivity index (χ2n) is 2.64. The van der Waals surface area contributed by atoms with Gasteiger partial charge in [-0.2, -0.15) is 0 Å². The van der Waals surface area contributed by atoms with Crippen molar-refractivity contribution in [3.63, 3.8) is 0 Å². The van der Waals surface area contributed by atoms with Crippen LogP contribution >= 0.6 is 15.9 Å². The highest BCUT2D eigenvalue weighted by molar-refractivity contribution is 9.10. The lowest BCUT2D eigenvalue weighted by Gasteiger charge is -2.07. The minimum atomic E-state index is 0.428. The SMILES string of the molecule is CC(C)Nc1cccc(Br)n1. The molecular formula is C8H11BrN2. The Bertz CT molecular complexity index is 235. The van der Waals surface area contributed by atoms with Crippen molar-refractivity contribution in [2.45, 2.75) is 19.9 Å². The van der Waals surface area contributed by atoms with Crippen LogP contribution in [-0.4, -0.2) is 11.0 Å². The van der Waals surface area contributed by atoms with Gasteiger partial charge in [-0.3, -0.25) is 0 Å². The fourth-order valence-corrected chi connectivity index (χ4v) is 1.13. The molecule has 1 aromatic rings. The van der Waals surface area contributed by atoms with Gasteiger partial charge in [-0.1, -0.05) is 6.07 Å². The fourth-order valence-electron chi connectivity index (χ4n) is 0.784. The van der Waals surface area contributed by atoms with Crippen molar-refractivity contribution in [2.24, 2.45) is 0 Å². The van der Waals surface area contributed by atoms with Gasteiger partial charge in [-0.05, 0) is 41.9 Å². The van der Waals surface area contributed by atoms with Gasteiger partial charge in [0, 0.05) is 6.04 Å². The monoisotopic (exact) mass is 214 g/mol. The van der Waals surface area contributed by atoms with Gasteiger partial charge >= 0.3 is 0 Å². The Kier molecular flexibility index (Phi) is 2.88. The van der Waals surface area contributed by atoms with Crippen LogP contribution in [0, 0.1) is 0 Å². The highest BCUT2D eigenvalue weighted by Gasteiger charge is 1.95. The van der Waals surface area contributed by atoms with E-state index in [0.717, 1.165) is 10.4 Å². The van der Waals surface area contributed by atoms with Crippen molar-refractivity contribution in [1.29, 1.82) is 0 Å². The molecule has 0 aliphatic rings. The minimum absolute atomic E-state index is 0.428. The summed E-state index contributed by atoms with van der Waals surface area (Å²) in [6.07, 6.45) is 0. The molecule has 3 heteroatoms. The predicted molar refractivity (Wildman–Crippen MR) is 50.7 cm³/mol. The van der Waals surface area contributed by atoms with Crippen LogP contribution in [0.25, 0.3) is 0 Å². The summed E-state index contributed by atoms with van der Waals surface area (Å²) in [4.78, 5) is 4.22. The molecule has 0 bridgehead atoms. The maximum Gasteiger partial charge on any atom is 0.127 e. The van der Waals surface area contributed by atoms with Crippen LogP contribution in [0.5, 0.6) is 0 Å². The van der Waals surface area contributed by atoms with Crippen LogP contribution in [-0.2, 0) is 0 Å². The van der Waals surface area contributed by atoms with Crippen molar-refractivity contribution in [3.05, 3.63) is 22.8 Å². The van der Waals surface area contributed by atoms with E-state index in [2.05, 4.69) is 40.1 Å². The van der Waals surface area contributed by atoms with Gasteiger partial charge in [0.05, 0.1) is 0 Å². The molecule has 0 aromatic carbocycles. The third-order valence-corrected chi connectivity index (χ3v) is 1.59. The Hall–Kier alpha value is -0.570. The normalized spacial score (nSPS) is 10.2. The van der Waals surface area contributed by atoms with Gasteiger partial charge in [-0.25, -0.2) is 4.98 Å². The van der Waals surface area contributed by atoms with Crippen LogP contribution in [0.3, 0.4) is 0 Å². The van der Waals surface area contributed by atoms with Gasteiger partial charge in [0.1, 0.15) is 10.4 Å². The summed E-state index contributed by atoms with van der Waals surface area (Å²) in [5, 5.41) is 3.20. The largest absolute Gasteiger partial charge is 0.368 e. The van der Waals surface area contributed by atoms with E-state index in [-0.39, 0.29) is 0 Å². The first-order valence-electron chi connectivity index (χ1n) is 3.57. The third kappa shape index (κ3) is 2.89. The zero-order chi connectivity index (χ0) is 8.27. The number of nitrogens with zero attached hydrogens (tertiary/aromatic N) is 1. The molecule has 0 saturated carbocycles. The van der Waals surface area contributed by atoms with E-state index >= 15 is 0 Å². The average Bonchev–Trinajstić information content (AvgIpc) is 1.85. The smallest absolute Gasteiger partial charge is 0.127 e. The molecule has 60 valence electrons. The first kappa shape index (κ1) is 8.53. The summed E-state index contributed by atoms with van der Waals surface area (Å²) in [5.74, 6) is 0.911. The molecule has 0 atom stereocenters. The Labute approximate surface area is 75.2 Å². The molecule has 0 spiro atoms. The van der Waals surface area contributed by atoms with Crippen molar-refractivity contribution >= 4 is 21.7 Å². The van der Waals surface area contributed by atoms with Crippen LogP contribution in [0.15, 0.2) is 22.8 Å². The molecule has 0 aliphatic carbocycles. The lowest BCUT2D eigenvalue weighted by atomic mass is 10.4. The van der Waals surface area contributed by atoms with Crippen molar-refractivity contribution in [2.75, 3.05) is 5.32 Å². The summed E-state index contributed by atoms with van der Waals surface area (Å²) >= 11 is 3.30. The number of nitrogens with one attached hydrogen (secondary N) is 1. The zero-order valence-corrected chi connectivity index (χ0v) is 8.22. The van der Waals surface area contributed by atoms with Crippen LogP contribution in [0.2, 0.25) is 0 Å². The number of aromatic nitrogens is 1. The van der Waals surface area contributed by atoms with E-state index in [1.165, 1.54) is 0 Å². The van der Waals surface area contributed by atoms with Gasteiger partial charge in [-0.15, -0.1) is 0 Å². The summed E-state index contributed by atoms with van der Waals surface area (Å²) in [5.41, 5.74) is 0. The first-order valence-corrected chi connectivity index (χ1v) is 4.37. The maximum atomic E-state index is 4.22. The van der Waals surface area contributed by atoms with E-state index in [9.17, 15) is 0 Å². The Morgan fingerprint density at radius 1 is 1.45 bits per heavy atom. The molecule has 1 aromatic heterocycles. The van der Waals surface area contributed by atoms with Crippen LogP contribution < -0.4 is 5.32 Å². The topological polar surface area (TPSA) is 24.9 Å². The molecule has 0 radical (unpaired) electrons. The van der Waals surface area contributed by atoms with E-state index in [4.69, 9.17) is 0 Å². The molecule has 11 heavy (non-hydrogen) atoms. The van der Waals surface area contributed by atoms with E-state index in [0.29, 0.717) is 6.04 Å². The summed E-state index contributed by atoms with van der Waals surface area (Å²) in [7, 11) is 0. The molecule has 0 fully saturated rings. The van der Waals surface area contributed by atoms with Crippen molar-refractivity contribution < 1.29 is 0 Å². The lowest BCUT2D eigenvalue weighted by Crippen LogP contribution is -2.10. The molecule has 0 saturated heterocycles. The molecule has 1 rings (SSSR count). The molecule has 0 unspecified atom stereocenters. The molecule has 1 heterocycles. The molecule has 2 nitrogen and oxygen atoms in total. The van der Waals surface area contributed by atoms with E-state index in [1.807, 2.05) is 18.2 Å². The second-order valence-corrected chi connectivity index (χ2v) is 3.46. The third-order valence-electron chi connectivity index (χ3n) is 1.15. The summed E-state index contributed by atoms with van der Waals surface area (Å²) < 4.78 is 0.864. The molecular weight excluding hydrogens is 204 g/mol. The number of rotatable bonds is 2. The Morgan fingerprint density at radius 2 is 2.18 bits per heavy atom. The van der Waals surface area contributed by atoms with Gasteiger partial charge in [0.15, 0.2) is 0 Å². The molecule has 0 amide bonds. The van der Waals surface area contributed by atoms with Gasteiger partial charge < -0.3 is 5.32 Å². The Balaban J connectivity index is 2.71. The summed E-state index contributed by atoms with van der Waals surface area (Å²) in [6.45, 7) is 4.17. The highest BCUT2D eigenvalue weighted by atomic mass is 79.9. The number of hydrogen-bond acceptors (Lipinski definition) is 2. The van der Waals surface area contributed by atoms with Gasteiger partial charge in [0.2, 0.25) is 0 Å². The standard InChI is InChI=1S/C8H11BrN2/c1-6(2)10-8-5-3-4-7(9)11-8/h3-6H,1-2H3,(H,10,11). The minimum Gasteiger partial charge on any atom is -0.368 e. The lowest BCUT2D eigenvalue weighted by molar-refractivity contribution is 0.888. The fraction of sp³-hybridized carbons (Fsp3) is 0.375. The van der Waals surface area contributed by atoms with Gasteiger partial charge in [0.25, 0.3) is 0 Å². The second kappa shape index (κ2) is 3.72. The van der Waals surface area contributed by atoms with Crippen molar-refractivity contribution in [1.82, 2.24) is 4.98 Å². The van der Waals surface area contributed by atoms with E-state index in [1.54, 1.807) is 0 Å². The Morgan fingerprint density at radius 3 is 2.73 bits per heavy atom. The predicted octanol–water partition coefficient (Wildman–Crippen LogP) is 2.66. The zero-order valence-electron chi connectivity index (χ0n) is 6.63. The van der Waals surface area contributed by atoms with Crippen LogP contribution in [0.4, 0.5) is 5.82 Å². The maximum absolute atomic E-state index is 4.22. The molecule has 1 N–H and O–H groups in total. The average molecular weight is 215 g/mol. The first-order chi connectivity index (χ1) is 5.18. The number of hydrogen-bond donors (Lipinski definition) is 1. The van der Waals surface area contributed by atoms with Crippen LogP contribution in [0.1, 0.15) is 13.8 Å².